The largest absolute Gasteiger partial charge is 0.493 e. The third kappa shape index (κ3) is 4.84. The molecule has 0 aliphatic carbocycles. The highest BCUT2D eigenvalue weighted by Crippen LogP contribution is 2.29. The smallest absolute Gasteiger partial charge is 0.246 e. The Kier molecular flexibility index (Phi) is 5.24. The second-order valence-electron chi connectivity index (χ2n) is 4.79. The van der Waals surface area contributed by atoms with Gasteiger partial charge in [0.15, 0.2) is 17.3 Å². The van der Waals surface area contributed by atoms with Crippen LogP contribution in [0, 0.1) is 0 Å². The minimum absolute atomic E-state index is 0.0383. The van der Waals surface area contributed by atoms with Crippen molar-refractivity contribution in [3.8, 4) is 11.5 Å². The molecule has 0 atom stereocenters. The highest BCUT2D eigenvalue weighted by atomic mass is 32.2. The van der Waals surface area contributed by atoms with Crippen LogP contribution in [-0.2, 0) is 21.4 Å². The summed E-state index contributed by atoms with van der Waals surface area (Å²) < 4.78 is 35.8. The number of ether oxygens (including phenoxy) is 2. The maximum Gasteiger partial charge on any atom is 0.246 e. The van der Waals surface area contributed by atoms with Gasteiger partial charge in [0, 0.05) is 11.8 Å². The second-order valence-corrected chi connectivity index (χ2v) is 6.54. The molecule has 0 aliphatic heterocycles. The average molecular weight is 355 g/mol. The molecule has 0 saturated heterocycles. The summed E-state index contributed by atoms with van der Waals surface area (Å²) >= 11 is 0. The minimum Gasteiger partial charge on any atom is -0.493 e. The van der Waals surface area contributed by atoms with E-state index in [0.29, 0.717) is 17.2 Å². The first kappa shape index (κ1) is 17.5. The van der Waals surface area contributed by atoms with Gasteiger partial charge in [-0.2, -0.15) is 0 Å². The van der Waals surface area contributed by atoms with E-state index in [4.69, 9.17) is 9.47 Å². The Morgan fingerprint density at radius 3 is 2.58 bits per heavy atom. The van der Waals surface area contributed by atoms with Gasteiger partial charge in [-0.15, -0.1) is 5.10 Å². The average Bonchev–Trinajstić information content (AvgIpc) is 2.91. The zero-order valence-corrected chi connectivity index (χ0v) is 14.1. The lowest BCUT2D eigenvalue weighted by Gasteiger charge is -2.10. The summed E-state index contributed by atoms with van der Waals surface area (Å²) in [7, 11) is -0.435. The lowest BCUT2D eigenvalue weighted by molar-refractivity contribution is -0.116. The molecule has 1 aromatic carbocycles. The van der Waals surface area contributed by atoms with Crippen LogP contribution in [0.15, 0.2) is 24.4 Å². The molecule has 0 aliphatic rings. The van der Waals surface area contributed by atoms with Gasteiger partial charge in [0.2, 0.25) is 15.9 Å². The Bertz CT molecular complexity index is 833. The standard InChI is InChI=1S/C13H17N5O5S/c1-22-10-5-4-9(6-11(10)23-2)14-13(19)8-18-7-12(15-17-18)16-24(3,20)21/h4-7,16H,8H2,1-3H3,(H,14,19). The second kappa shape index (κ2) is 7.17. The van der Waals surface area contributed by atoms with Crippen molar-refractivity contribution >= 4 is 27.4 Å². The number of aromatic nitrogens is 3. The molecule has 2 rings (SSSR count). The molecule has 10 nitrogen and oxygen atoms in total. The monoisotopic (exact) mass is 355 g/mol. The summed E-state index contributed by atoms with van der Waals surface area (Å²) in [6.45, 7) is -0.132. The quantitative estimate of drug-likeness (QED) is 0.732. The van der Waals surface area contributed by atoms with E-state index in [1.807, 2.05) is 0 Å². The van der Waals surface area contributed by atoms with Crippen molar-refractivity contribution in [2.45, 2.75) is 6.54 Å². The molecule has 11 heteroatoms. The molecule has 2 aromatic rings. The molecule has 0 spiro atoms. The normalized spacial score (nSPS) is 11.0. The van der Waals surface area contributed by atoms with Crippen molar-refractivity contribution in [1.29, 1.82) is 0 Å². The number of anilines is 2. The van der Waals surface area contributed by atoms with Gasteiger partial charge in [-0.05, 0) is 12.1 Å². The SMILES string of the molecule is COc1ccc(NC(=O)Cn2cc(NS(C)(=O)=O)nn2)cc1OC. The Morgan fingerprint density at radius 1 is 1.25 bits per heavy atom. The zero-order valence-electron chi connectivity index (χ0n) is 13.3. The van der Waals surface area contributed by atoms with Crippen molar-refractivity contribution in [1.82, 2.24) is 15.0 Å². The molecule has 2 N–H and O–H groups in total. The van der Waals surface area contributed by atoms with Crippen LogP contribution in [-0.4, -0.2) is 49.8 Å². The van der Waals surface area contributed by atoms with E-state index in [1.165, 1.54) is 25.1 Å². The van der Waals surface area contributed by atoms with Gasteiger partial charge in [-0.1, -0.05) is 5.21 Å². The summed E-state index contributed by atoms with van der Waals surface area (Å²) in [5, 5.41) is 9.97. The Morgan fingerprint density at radius 2 is 1.96 bits per heavy atom. The number of rotatable bonds is 7. The molecule has 0 saturated carbocycles. The molecule has 130 valence electrons. The van der Waals surface area contributed by atoms with E-state index < -0.39 is 10.0 Å². The number of methoxy groups -OCH3 is 2. The Labute approximate surface area is 138 Å². The van der Waals surface area contributed by atoms with E-state index in [9.17, 15) is 13.2 Å². The van der Waals surface area contributed by atoms with Crippen LogP contribution in [0.25, 0.3) is 0 Å². The third-order valence-corrected chi connectivity index (χ3v) is 3.38. The number of nitrogens with one attached hydrogen (secondary N) is 2. The fraction of sp³-hybridized carbons (Fsp3) is 0.308. The molecule has 0 unspecified atom stereocenters. The third-order valence-electron chi connectivity index (χ3n) is 2.80. The van der Waals surface area contributed by atoms with Gasteiger partial charge in [-0.25, -0.2) is 13.1 Å². The first-order chi connectivity index (χ1) is 11.3. The van der Waals surface area contributed by atoms with Crippen LogP contribution in [0.2, 0.25) is 0 Å². The number of nitrogens with zero attached hydrogens (tertiary/aromatic N) is 3. The van der Waals surface area contributed by atoms with Crippen LogP contribution in [0.5, 0.6) is 11.5 Å². The fourth-order valence-electron chi connectivity index (χ4n) is 1.87. The topological polar surface area (TPSA) is 124 Å². The number of carbonyl (C=O) groups is 1. The molecule has 1 amide bonds. The maximum atomic E-state index is 12.0. The Balaban J connectivity index is 2.01. The predicted octanol–water partition coefficient (Wildman–Crippen LogP) is 0.305. The number of amides is 1. The predicted molar refractivity (Wildman–Crippen MR) is 86.7 cm³/mol. The molecule has 0 radical (unpaired) electrons. The molecule has 1 heterocycles. The molecule has 24 heavy (non-hydrogen) atoms. The zero-order chi connectivity index (χ0) is 17.7. The molecular formula is C13H17N5O5S. The van der Waals surface area contributed by atoms with E-state index in [0.717, 1.165) is 6.26 Å². The van der Waals surface area contributed by atoms with Crippen LogP contribution < -0.4 is 19.5 Å². The van der Waals surface area contributed by atoms with E-state index in [1.54, 1.807) is 18.2 Å². The van der Waals surface area contributed by atoms with Crippen molar-refractivity contribution in [3.63, 3.8) is 0 Å². The number of hydrogen-bond acceptors (Lipinski definition) is 7. The van der Waals surface area contributed by atoms with E-state index in [2.05, 4.69) is 20.4 Å². The van der Waals surface area contributed by atoms with Crippen molar-refractivity contribution in [2.75, 3.05) is 30.5 Å². The number of hydrogen-bond donors (Lipinski definition) is 2. The van der Waals surface area contributed by atoms with Crippen molar-refractivity contribution < 1.29 is 22.7 Å². The Hall–Kier alpha value is -2.82. The summed E-state index contributed by atoms with van der Waals surface area (Å²) in [6, 6.07) is 4.95. The van der Waals surface area contributed by atoms with Crippen molar-refractivity contribution in [2.24, 2.45) is 0 Å². The van der Waals surface area contributed by atoms with Gasteiger partial charge in [-0.3, -0.25) is 9.52 Å². The van der Waals surface area contributed by atoms with Crippen LogP contribution in [0.3, 0.4) is 0 Å². The van der Waals surface area contributed by atoms with Crippen LogP contribution in [0.4, 0.5) is 11.5 Å². The van der Waals surface area contributed by atoms with Gasteiger partial charge in [0.25, 0.3) is 0 Å². The van der Waals surface area contributed by atoms with Crippen LogP contribution in [0.1, 0.15) is 0 Å². The summed E-state index contributed by atoms with van der Waals surface area (Å²) in [6.07, 6.45) is 2.31. The number of benzene rings is 1. The molecular weight excluding hydrogens is 338 g/mol. The van der Waals surface area contributed by atoms with Gasteiger partial charge in [0.05, 0.1) is 26.7 Å². The highest BCUT2D eigenvalue weighted by Gasteiger charge is 2.11. The fourth-order valence-corrected chi connectivity index (χ4v) is 2.35. The van der Waals surface area contributed by atoms with Gasteiger partial charge >= 0.3 is 0 Å². The molecule has 0 bridgehead atoms. The summed E-state index contributed by atoms with van der Waals surface area (Å²) in [5.41, 5.74) is 0.521. The van der Waals surface area contributed by atoms with Gasteiger partial charge in [0.1, 0.15) is 6.54 Å². The van der Waals surface area contributed by atoms with E-state index >= 15 is 0 Å². The first-order valence-corrected chi connectivity index (χ1v) is 8.59. The minimum atomic E-state index is -3.45. The number of carbonyl (C=O) groups excluding carboxylic acids is 1. The maximum absolute atomic E-state index is 12.0. The first-order valence-electron chi connectivity index (χ1n) is 6.70. The lowest BCUT2D eigenvalue weighted by atomic mass is 10.2. The lowest BCUT2D eigenvalue weighted by Crippen LogP contribution is -2.19. The number of sulfonamides is 1. The highest BCUT2D eigenvalue weighted by molar-refractivity contribution is 7.92. The van der Waals surface area contributed by atoms with E-state index in [-0.39, 0.29) is 18.3 Å². The van der Waals surface area contributed by atoms with Crippen molar-refractivity contribution in [3.05, 3.63) is 24.4 Å². The van der Waals surface area contributed by atoms with Crippen LogP contribution >= 0.6 is 0 Å². The summed E-state index contributed by atoms with van der Waals surface area (Å²) in [5.74, 6) is 0.702. The molecule has 0 fully saturated rings. The summed E-state index contributed by atoms with van der Waals surface area (Å²) in [4.78, 5) is 12.0. The van der Waals surface area contributed by atoms with Gasteiger partial charge < -0.3 is 14.8 Å². The molecule has 1 aromatic heterocycles.